The first kappa shape index (κ1) is 14.2. The number of hydrogen-bond donors (Lipinski definition) is 2. The molecule has 3 rings (SSSR count). The van der Waals surface area contributed by atoms with Crippen LogP contribution in [0.3, 0.4) is 0 Å². The number of H-pyrrole nitrogens is 1. The molecule has 5 heteroatoms. The Bertz CT molecular complexity index is 565. The number of likely N-dealkylation sites (tertiary alicyclic amines) is 1. The molecule has 0 amide bonds. The van der Waals surface area contributed by atoms with E-state index in [0.717, 1.165) is 31.8 Å². The number of halogens is 1. The first-order valence-electron chi connectivity index (χ1n) is 7.37. The maximum atomic E-state index is 13.2. The Balaban J connectivity index is 1.53. The van der Waals surface area contributed by atoms with Gasteiger partial charge in [-0.05, 0) is 43.6 Å². The summed E-state index contributed by atoms with van der Waals surface area (Å²) in [5.41, 5.74) is 0.642. The average Bonchev–Trinajstić information content (AvgIpc) is 3.02. The van der Waals surface area contributed by atoms with Crippen molar-refractivity contribution in [3.05, 3.63) is 53.9 Å². The van der Waals surface area contributed by atoms with E-state index in [2.05, 4.69) is 14.9 Å². The molecule has 1 aromatic carbocycles. The average molecular weight is 289 g/mol. The number of piperidine rings is 1. The van der Waals surface area contributed by atoms with Crippen LogP contribution in [0.5, 0.6) is 0 Å². The maximum Gasteiger partial charge on any atom is 0.123 e. The van der Waals surface area contributed by atoms with Gasteiger partial charge in [0, 0.05) is 24.9 Å². The van der Waals surface area contributed by atoms with Crippen molar-refractivity contribution in [3.63, 3.8) is 0 Å². The van der Waals surface area contributed by atoms with Crippen molar-refractivity contribution >= 4 is 0 Å². The first-order chi connectivity index (χ1) is 10.2. The van der Waals surface area contributed by atoms with E-state index < -0.39 is 6.10 Å². The number of aliphatic hydroxyl groups is 1. The molecule has 0 spiro atoms. The molecule has 0 bridgehead atoms. The van der Waals surface area contributed by atoms with E-state index in [1.54, 1.807) is 18.3 Å². The summed E-state index contributed by atoms with van der Waals surface area (Å²) in [6.07, 6.45) is 5.07. The van der Waals surface area contributed by atoms with Crippen LogP contribution in [0.2, 0.25) is 0 Å². The molecule has 0 saturated carbocycles. The second kappa shape index (κ2) is 6.37. The molecule has 21 heavy (non-hydrogen) atoms. The van der Waals surface area contributed by atoms with Gasteiger partial charge in [0.1, 0.15) is 11.6 Å². The highest BCUT2D eigenvalue weighted by Crippen LogP contribution is 2.26. The van der Waals surface area contributed by atoms with Gasteiger partial charge >= 0.3 is 0 Å². The van der Waals surface area contributed by atoms with Crippen molar-refractivity contribution in [1.82, 2.24) is 14.9 Å². The minimum atomic E-state index is -0.638. The Morgan fingerprint density at radius 1 is 1.38 bits per heavy atom. The summed E-state index contributed by atoms with van der Waals surface area (Å²) < 4.78 is 13.2. The van der Waals surface area contributed by atoms with Crippen molar-refractivity contribution in [3.8, 4) is 0 Å². The standard InChI is InChI=1S/C16H20FN3O/c17-14-3-1-2-13(10-14)15(21)11-20-8-4-12(5-9-20)16-18-6-7-19-16/h1-3,6-7,10,12,15,21H,4-5,8-9,11H2,(H,18,19). The number of rotatable bonds is 4. The lowest BCUT2D eigenvalue weighted by Crippen LogP contribution is -2.36. The highest BCUT2D eigenvalue weighted by molar-refractivity contribution is 5.19. The summed E-state index contributed by atoms with van der Waals surface area (Å²) in [6.45, 7) is 2.41. The van der Waals surface area contributed by atoms with Gasteiger partial charge in [-0.2, -0.15) is 0 Å². The van der Waals surface area contributed by atoms with Gasteiger partial charge in [0.2, 0.25) is 0 Å². The summed E-state index contributed by atoms with van der Waals surface area (Å²) >= 11 is 0. The van der Waals surface area contributed by atoms with Crippen LogP contribution in [0.15, 0.2) is 36.7 Å². The van der Waals surface area contributed by atoms with Crippen LogP contribution in [0.25, 0.3) is 0 Å². The summed E-state index contributed by atoms with van der Waals surface area (Å²) in [5, 5.41) is 10.2. The summed E-state index contributed by atoms with van der Waals surface area (Å²) in [7, 11) is 0. The van der Waals surface area contributed by atoms with Gasteiger partial charge in [0.25, 0.3) is 0 Å². The number of β-amino-alcohol motifs (C(OH)–C–C–N with tert-alkyl or cyclic N) is 1. The van der Waals surface area contributed by atoms with E-state index in [4.69, 9.17) is 0 Å². The normalized spacial score (nSPS) is 18.8. The second-order valence-corrected chi connectivity index (χ2v) is 5.62. The van der Waals surface area contributed by atoms with E-state index in [-0.39, 0.29) is 5.82 Å². The van der Waals surface area contributed by atoms with Crippen LogP contribution in [0.1, 0.15) is 36.3 Å². The number of aromatic nitrogens is 2. The fraction of sp³-hybridized carbons (Fsp3) is 0.438. The molecule has 112 valence electrons. The molecule has 1 atom stereocenters. The molecule has 2 heterocycles. The van der Waals surface area contributed by atoms with Crippen LogP contribution in [-0.2, 0) is 0 Å². The van der Waals surface area contributed by atoms with Crippen molar-refractivity contribution < 1.29 is 9.50 Å². The summed E-state index contributed by atoms with van der Waals surface area (Å²) in [5.74, 6) is 1.23. The Kier molecular flexibility index (Phi) is 4.31. The Hall–Kier alpha value is -1.72. The number of nitrogens with zero attached hydrogens (tertiary/aromatic N) is 2. The van der Waals surface area contributed by atoms with Gasteiger partial charge in [-0.1, -0.05) is 12.1 Å². The highest BCUT2D eigenvalue weighted by atomic mass is 19.1. The minimum Gasteiger partial charge on any atom is -0.387 e. The van der Waals surface area contributed by atoms with Crippen LogP contribution in [0.4, 0.5) is 4.39 Å². The van der Waals surface area contributed by atoms with Crippen molar-refractivity contribution in [2.45, 2.75) is 24.9 Å². The fourth-order valence-corrected chi connectivity index (χ4v) is 2.95. The predicted molar refractivity (Wildman–Crippen MR) is 78.4 cm³/mol. The Morgan fingerprint density at radius 3 is 2.86 bits per heavy atom. The van der Waals surface area contributed by atoms with Gasteiger partial charge in [-0.3, -0.25) is 0 Å². The third-order valence-corrected chi connectivity index (χ3v) is 4.16. The number of imidazole rings is 1. The zero-order valence-electron chi connectivity index (χ0n) is 11.9. The molecule has 1 aromatic heterocycles. The lowest BCUT2D eigenvalue weighted by molar-refractivity contribution is 0.0964. The Morgan fingerprint density at radius 2 is 2.19 bits per heavy atom. The van der Waals surface area contributed by atoms with E-state index in [0.29, 0.717) is 18.0 Å². The second-order valence-electron chi connectivity index (χ2n) is 5.62. The van der Waals surface area contributed by atoms with Gasteiger partial charge in [0.05, 0.1) is 6.10 Å². The van der Waals surface area contributed by atoms with Crippen LogP contribution in [-0.4, -0.2) is 39.6 Å². The van der Waals surface area contributed by atoms with E-state index in [9.17, 15) is 9.50 Å². The highest BCUT2D eigenvalue weighted by Gasteiger charge is 2.23. The van der Waals surface area contributed by atoms with Crippen molar-refractivity contribution in [2.24, 2.45) is 0 Å². The van der Waals surface area contributed by atoms with Gasteiger partial charge in [0.15, 0.2) is 0 Å². The molecule has 4 nitrogen and oxygen atoms in total. The largest absolute Gasteiger partial charge is 0.387 e. The SMILES string of the molecule is OC(CN1CCC(c2ncc[nH]2)CC1)c1cccc(F)c1. The molecule has 2 N–H and O–H groups in total. The molecule has 1 saturated heterocycles. The molecule has 1 fully saturated rings. The van der Waals surface area contributed by atoms with Gasteiger partial charge < -0.3 is 15.0 Å². The molecule has 0 aliphatic carbocycles. The molecular formula is C16H20FN3O. The third-order valence-electron chi connectivity index (χ3n) is 4.16. The zero-order valence-corrected chi connectivity index (χ0v) is 11.9. The topological polar surface area (TPSA) is 52.1 Å². The minimum absolute atomic E-state index is 0.303. The van der Waals surface area contributed by atoms with Gasteiger partial charge in [-0.15, -0.1) is 0 Å². The molecule has 2 aromatic rings. The quantitative estimate of drug-likeness (QED) is 0.909. The monoisotopic (exact) mass is 289 g/mol. The number of benzene rings is 1. The predicted octanol–water partition coefficient (Wildman–Crippen LogP) is 2.46. The molecule has 0 radical (unpaired) electrons. The van der Waals surface area contributed by atoms with E-state index >= 15 is 0 Å². The molecular weight excluding hydrogens is 269 g/mol. The van der Waals surface area contributed by atoms with Crippen molar-refractivity contribution in [1.29, 1.82) is 0 Å². The van der Waals surface area contributed by atoms with Crippen LogP contribution < -0.4 is 0 Å². The number of aliphatic hydroxyl groups excluding tert-OH is 1. The lowest BCUT2D eigenvalue weighted by Gasteiger charge is -2.32. The summed E-state index contributed by atoms with van der Waals surface area (Å²) in [4.78, 5) is 9.72. The Labute approximate surface area is 123 Å². The molecule has 1 aliphatic rings. The molecule has 1 unspecified atom stereocenters. The maximum absolute atomic E-state index is 13.2. The van der Waals surface area contributed by atoms with E-state index in [1.807, 2.05) is 6.20 Å². The zero-order chi connectivity index (χ0) is 14.7. The lowest BCUT2D eigenvalue weighted by atomic mass is 9.95. The number of aromatic amines is 1. The number of hydrogen-bond acceptors (Lipinski definition) is 3. The third kappa shape index (κ3) is 3.49. The fourth-order valence-electron chi connectivity index (χ4n) is 2.95. The summed E-state index contributed by atoms with van der Waals surface area (Å²) in [6, 6.07) is 6.20. The smallest absolute Gasteiger partial charge is 0.123 e. The molecule has 1 aliphatic heterocycles. The number of nitrogens with one attached hydrogen (secondary N) is 1. The van der Waals surface area contributed by atoms with Gasteiger partial charge in [-0.25, -0.2) is 9.37 Å². The van der Waals surface area contributed by atoms with E-state index in [1.165, 1.54) is 12.1 Å². The van der Waals surface area contributed by atoms with Crippen LogP contribution >= 0.6 is 0 Å². The van der Waals surface area contributed by atoms with Crippen molar-refractivity contribution in [2.75, 3.05) is 19.6 Å². The first-order valence-corrected chi connectivity index (χ1v) is 7.37. The van der Waals surface area contributed by atoms with Crippen LogP contribution in [0, 0.1) is 5.82 Å².